The molecule has 0 bridgehead atoms. The van der Waals surface area contributed by atoms with Gasteiger partial charge in [-0.15, -0.1) is 0 Å². The van der Waals surface area contributed by atoms with Crippen LogP contribution < -0.4 is 0 Å². The average Bonchev–Trinajstić information content (AvgIpc) is 2.16. The number of alkyl halides is 5. The third-order valence-electron chi connectivity index (χ3n) is 1.75. The van der Waals surface area contributed by atoms with Gasteiger partial charge < -0.3 is 0 Å². The summed E-state index contributed by atoms with van der Waals surface area (Å²) in [6.07, 6.45) is -7.10. The molecule has 0 heterocycles. The van der Waals surface area contributed by atoms with E-state index < -0.39 is 23.7 Å². The average molecular weight is 237 g/mol. The molecule has 16 heavy (non-hydrogen) atoms. The van der Waals surface area contributed by atoms with Crippen molar-refractivity contribution in [3.63, 3.8) is 0 Å². The number of rotatable bonds is 2. The highest BCUT2D eigenvalue weighted by molar-refractivity contribution is 5.52. The highest BCUT2D eigenvalue weighted by Gasteiger charge is 2.35. The monoisotopic (exact) mass is 237 g/mol. The Morgan fingerprint density at radius 2 is 1.88 bits per heavy atom. The summed E-state index contributed by atoms with van der Waals surface area (Å²) in [5.74, 6) is 0. The Morgan fingerprint density at radius 1 is 1.25 bits per heavy atom. The number of aliphatic imine (C=N–C) groups is 1. The van der Waals surface area contributed by atoms with Crippen LogP contribution in [0.5, 0.6) is 0 Å². The van der Waals surface area contributed by atoms with Gasteiger partial charge in [-0.3, -0.25) is 0 Å². The van der Waals surface area contributed by atoms with Gasteiger partial charge in [-0.05, 0) is 18.2 Å². The SMILES string of the molecule is O=C=Nc1ccc(C(F)(F)F)c(C(F)F)c1. The van der Waals surface area contributed by atoms with E-state index in [1.165, 1.54) is 0 Å². The van der Waals surface area contributed by atoms with Gasteiger partial charge in [0.25, 0.3) is 6.43 Å². The lowest BCUT2D eigenvalue weighted by molar-refractivity contribution is -0.139. The van der Waals surface area contributed by atoms with Crippen molar-refractivity contribution in [1.82, 2.24) is 0 Å². The number of nitrogens with zero attached hydrogens (tertiary/aromatic N) is 1. The zero-order valence-electron chi connectivity index (χ0n) is 7.55. The Balaban J connectivity index is 3.36. The third kappa shape index (κ3) is 2.64. The van der Waals surface area contributed by atoms with Gasteiger partial charge in [-0.25, -0.2) is 13.6 Å². The van der Waals surface area contributed by atoms with Crippen molar-refractivity contribution < 1.29 is 26.7 Å². The Bertz CT molecular complexity index is 434. The number of carbonyl (C=O) groups excluding carboxylic acids is 1. The summed E-state index contributed by atoms with van der Waals surface area (Å²) in [6, 6.07) is 1.79. The highest BCUT2D eigenvalue weighted by Crippen LogP contribution is 2.37. The van der Waals surface area contributed by atoms with Crippen LogP contribution >= 0.6 is 0 Å². The number of halogens is 5. The molecule has 0 aliphatic carbocycles. The predicted molar refractivity (Wildman–Crippen MR) is 44.2 cm³/mol. The van der Waals surface area contributed by atoms with E-state index in [-0.39, 0.29) is 5.69 Å². The van der Waals surface area contributed by atoms with Crippen molar-refractivity contribution in [3.8, 4) is 0 Å². The van der Waals surface area contributed by atoms with Crippen LogP contribution in [0.25, 0.3) is 0 Å². The van der Waals surface area contributed by atoms with Gasteiger partial charge in [-0.1, -0.05) is 0 Å². The van der Waals surface area contributed by atoms with Crippen molar-refractivity contribution in [2.24, 2.45) is 4.99 Å². The summed E-state index contributed by atoms with van der Waals surface area (Å²) < 4.78 is 61.5. The van der Waals surface area contributed by atoms with Gasteiger partial charge in [0.1, 0.15) is 0 Å². The normalized spacial score (nSPS) is 11.4. The van der Waals surface area contributed by atoms with E-state index in [0.717, 1.165) is 12.1 Å². The molecular formula is C9H4F5NO. The van der Waals surface area contributed by atoms with Gasteiger partial charge in [-0.2, -0.15) is 18.2 Å². The van der Waals surface area contributed by atoms with Gasteiger partial charge >= 0.3 is 6.18 Å². The molecule has 0 aliphatic rings. The molecule has 0 N–H and O–H groups in total. The highest BCUT2D eigenvalue weighted by atomic mass is 19.4. The second kappa shape index (κ2) is 4.40. The standard InChI is InChI=1S/C9H4F5NO/c10-8(11)6-3-5(15-4-16)1-2-7(6)9(12,13)14/h1-3,8H. The molecule has 1 aromatic rings. The van der Waals surface area contributed by atoms with Crippen LogP contribution in [-0.4, -0.2) is 6.08 Å². The van der Waals surface area contributed by atoms with Gasteiger partial charge in [0, 0.05) is 5.56 Å². The topological polar surface area (TPSA) is 29.4 Å². The maximum Gasteiger partial charge on any atom is 0.416 e. The summed E-state index contributed by atoms with van der Waals surface area (Å²) >= 11 is 0. The third-order valence-corrected chi connectivity index (χ3v) is 1.75. The molecule has 0 aromatic heterocycles. The van der Waals surface area contributed by atoms with Gasteiger partial charge in [0.15, 0.2) is 0 Å². The van der Waals surface area contributed by atoms with E-state index in [1.54, 1.807) is 0 Å². The molecule has 0 saturated carbocycles. The first-order valence-corrected chi connectivity index (χ1v) is 3.93. The molecule has 0 fully saturated rings. The fourth-order valence-corrected chi connectivity index (χ4v) is 1.11. The first kappa shape index (κ1) is 12.3. The second-order valence-corrected chi connectivity index (χ2v) is 2.77. The Kier molecular flexibility index (Phi) is 3.39. The number of isocyanates is 1. The van der Waals surface area contributed by atoms with E-state index in [4.69, 9.17) is 0 Å². The van der Waals surface area contributed by atoms with Crippen LogP contribution in [0.15, 0.2) is 23.2 Å². The summed E-state index contributed by atoms with van der Waals surface area (Å²) in [7, 11) is 0. The quantitative estimate of drug-likeness (QED) is 0.439. The van der Waals surface area contributed by atoms with Crippen LogP contribution in [0, 0.1) is 0 Å². The van der Waals surface area contributed by atoms with Crippen molar-refractivity contribution in [2.45, 2.75) is 12.6 Å². The van der Waals surface area contributed by atoms with E-state index in [2.05, 4.69) is 4.99 Å². The first-order chi connectivity index (χ1) is 7.36. The zero-order chi connectivity index (χ0) is 12.3. The Labute approximate surface area is 86.4 Å². The second-order valence-electron chi connectivity index (χ2n) is 2.77. The van der Waals surface area contributed by atoms with E-state index in [1.807, 2.05) is 0 Å². The molecular weight excluding hydrogens is 233 g/mol. The molecule has 0 amide bonds. The molecule has 0 aliphatic heterocycles. The van der Waals surface area contributed by atoms with Crippen molar-refractivity contribution in [2.75, 3.05) is 0 Å². The van der Waals surface area contributed by atoms with Gasteiger partial charge in [0.2, 0.25) is 6.08 Å². The van der Waals surface area contributed by atoms with Crippen molar-refractivity contribution in [3.05, 3.63) is 29.3 Å². The molecule has 0 atom stereocenters. The van der Waals surface area contributed by atoms with E-state index in [9.17, 15) is 26.7 Å². The molecule has 0 radical (unpaired) electrons. The van der Waals surface area contributed by atoms with Gasteiger partial charge in [0.05, 0.1) is 11.3 Å². The van der Waals surface area contributed by atoms with E-state index in [0.29, 0.717) is 12.1 Å². The van der Waals surface area contributed by atoms with Crippen LogP contribution in [0.1, 0.15) is 17.6 Å². The summed E-state index contributed by atoms with van der Waals surface area (Å²) in [5.41, 5.74) is -2.94. The summed E-state index contributed by atoms with van der Waals surface area (Å²) in [5, 5.41) is 0. The van der Waals surface area contributed by atoms with Crippen LogP contribution in [0.2, 0.25) is 0 Å². The molecule has 86 valence electrons. The van der Waals surface area contributed by atoms with Crippen LogP contribution in [-0.2, 0) is 11.0 Å². The number of hydrogen-bond donors (Lipinski definition) is 0. The fourth-order valence-electron chi connectivity index (χ4n) is 1.11. The lowest BCUT2D eigenvalue weighted by Crippen LogP contribution is -2.09. The molecule has 1 rings (SSSR count). The fraction of sp³-hybridized carbons (Fsp3) is 0.222. The molecule has 0 spiro atoms. The maximum atomic E-state index is 12.3. The zero-order valence-corrected chi connectivity index (χ0v) is 7.55. The molecule has 0 unspecified atom stereocenters. The lowest BCUT2D eigenvalue weighted by Gasteiger charge is -2.12. The Morgan fingerprint density at radius 3 is 2.31 bits per heavy atom. The largest absolute Gasteiger partial charge is 0.416 e. The minimum absolute atomic E-state index is 0.293. The number of benzene rings is 1. The van der Waals surface area contributed by atoms with Crippen LogP contribution in [0.4, 0.5) is 27.6 Å². The van der Waals surface area contributed by atoms with E-state index >= 15 is 0 Å². The van der Waals surface area contributed by atoms with Crippen molar-refractivity contribution >= 4 is 11.8 Å². The molecule has 2 nitrogen and oxygen atoms in total. The van der Waals surface area contributed by atoms with Crippen molar-refractivity contribution in [1.29, 1.82) is 0 Å². The minimum atomic E-state index is -4.87. The molecule has 1 aromatic carbocycles. The predicted octanol–water partition coefficient (Wildman–Crippen LogP) is 3.61. The lowest BCUT2D eigenvalue weighted by atomic mass is 10.1. The smallest absolute Gasteiger partial charge is 0.211 e. The molecule has 0 saturated heterocycles. The Hall–Kier alpha value is -1.75. The molecule has 7 heteroatoms. The first-order valence-electron chi connectivity index (χ1n) is 3.93. The van der Waals surface area contributed by atoms with Crippen LogP contribution in [0.3, 0.4) is 0 Å². The summed E-state index contributed by atoms with van der Waals surface area (Å²) in [4.78, 5) is 12.8. The minimum Gasteiger partial charge on any atom is -0.211 e. The number of hydrogen-bond acceptors (Lipinski definition) is 2. The maximum absolute atomic E-state index is 12.3. The summed E-state index contributed by atoms with van der Waals surface area (Å²) in [6.45, 7) is 0.